The molecule has 2 aromatic rings. The molecule has 0 fully saturated rings. The zero-order valence-electron chi connectivity index (χ0n) is 14.9. The number of aliphatic imine (C=N–C) groups is 1. The Balaban J connectivity index is 2.18. The van der Waals surface area contributed by atoms with Crippen LogP contribution in [0.1, 0.15) is 48.2 Å². The highest BCUT2D eigenvalue weighted by Gasteiger charge is 2.31. The third kappa shape index (κ3) is 3.08. The van der Waals surface area contributed by atoms with Gasteiger partial charge < -0.3 is 9.47 Å². The molecular weight excluding hydrogens is 326 g/mol. The van der Waals surface area contributed by atoms with Crippen molar-refractivity contribution in [1.82, 2.24) is 4.98 Å². The van der Waals surface area contributed by atoms with Gasteiger partial charge in [-0.3, -0.25) is 4.98 Å². The maximum atomic E-state index is 13.0. The molecule has 3 rings (SSSR count). The Morgan fingerprint density at radius 1 is 1.20 bits per heavy atom. The summed E-state index contributed by atoms with van der Waals surface area (Å²) in [7, 11) is 1.61. The van der Waals surface area contributed by atoms with Crippen molar-refractivity contribution < 1.29 is 18.3 Å². The van der Waals surface area contributed by atoms with Crippen molar-refractivity contribution in [3.05, 3.63) is 52.3 Å². The molecule has 0 saturated heterocycles. The van der Waals surface area contributed by atoms with E-state index in [4.69, 9.17) is 9.47 Å². The number of nitrogens with zero attached hydrogens (tertiary/aromatic N) is 2. The quantitative estimate of drug-likeness (QED) is 0.815. The molecule has 0 N–H and O–H groups in total. The molecule has 0 aliphatic carbocycles. The Kier molecular flexibility index (Phi) is 4.22. The van der Waals surface area contributed by atoms with E-state index in [1.165, 1.54) is 6.20 Å². The van der Waals surface area contributed by atoms with E-state index >= 15 is 0 Å². The third-order valence-electron chi connectivity index (χ3n) is 4.16. The Hall–Kier alpha value is -2.50. The standard InChI is InChI=1S/C19H20F2N2O2/c1-10-8-12(9-22-15(10)18(20)21)16-13-6-7-14(24-5)11(2)17(13)25-19(3,4)23-16/h6-9,18H,1-5H3. The van der Waals surface area contributed by atoms with E-state index in [0.29, 0.717) is 22.6 Å². The predicted octanol–water partition coefficient (Wildman–Crippen LogP) is 4.61. The van der Waals surface area contributed by atoms with Crippen molar-refractivity contribution in [1.29, 1.82) is 0 Å². The lowest BCUT2D eigenvalue weighted by Gasteiger charge is -2.31. The molecule has 0 spiro atoms. The molecule has 0 amide bonds. The van der Waals surface area contributed by atoms with Crippen LogP contribution < -0.4 is 9.47 Å². The molecule has 1 aromatic carbocycles. The van der Waals surface area contributed by atoms with E-state index in [1.807, 2.05) is 32.9 Å². The molecule has 6 heteroatoms. The number of rotatable bonds is 3. The van der Waals surface area contributed by atoms with Gasteiger partial charge in [-0.15, -0.1) is 0 Å². The first kappa shape index (κ1) is 17.3. The second kappa shape index (κ2) is 6.10. The van der Waals surface area contributed by atoms with Crippen LogP contribution in [0.5, 0.6) is 11.5 Å². The van der Waals surface area contributed by atoms with Gasteiger partial charge in [0.15, 0.2) is 5.72 Å². The van der Waals surface area contributed by atoms with Crippen LogP contribution in [0.4, 0.5) is 8.78 Å². The number of hydrogen-bond donors (Lipinski definition) is 0. The summed E-state index contributed by atoms with van der Waals surface area (Å²) in [6, 6.07) is 5.41. The topological polar surface area (TPSA) is 43.7 Å². The highest BCUT2D eigenvalue weighted by Crippen LogP contribution is 2.39. The fourth-order valence-corrected chi connectivity index (χ4v) is 2.98. The van der Waals surface area contributed by atoms with Crippen molar-refractivity contribution in [3.63, 3.8) is 0 Å². The van der Waals surface area contributed by atoms with Crippen LogP contribution in [0.3, 0.4) is 0 Å². The lowest BCUT2D eigenvalue weighted by molar-refractivity contribution is 0.114. The normalized spacial score (nSPS) is 15.4. The first-order valence-electron chi connectivity index (χ1n) is 7.95. The van der Waals surface area contributed by atoms with Gasteiger partial charge in [0.2, 0.25) is 0 Å². The number of halogens is 2. The molecule has 25 heavy (non-hydrogen) atoms. The summed E-state index contributed by atoms with van der Waals surface area (Å²) in [5, 5.41) is 0. The van der Waals surface area contributed by atoms with E-state index in [-0.39, 0.29) is 5.69 Å². The summed E-state index contributed by atoms with van der Waals surface area (Å²) < 4.78 is 37.3. The van der Waals surface area contributed by atoms with Crippen LogP contribution in [-0.2, 0) is 0 Å². The average Bonchev–Trinajstić information content (AvgIpc) is 2.54. The van der Waals surface area contributed by atoms with E-state index < -0.39 is 12.2 Å². The molecule has 132 valence electrons. The third-order valence-corrected chi connectivity index (χ3v) is 4.16. The number of benzene rings is 1. The number of hydrogen-bond acceptors (Lipinski definition) is 4. The second-order valence-corrected chi connectivity index (χ2v) is 6.51. The fraction of sp³-hybridized carbons (Fsp3) is 0.368. The van der Waals surface area contributed by atoms with E-state index in [9.17, 15) is 8.78 Å². The van der Waals surface area contributed by atoms with Crippen molar-refractivity contribution >= 4 is 5.71 Å². The summed E-state index contributed by atoms with van der Waals surface area (Å²) in [6.07, 6.45) is -1.15. The SMILES string of the molecule is COc1ccc2c(c1C)OC(C)(C)N=C2c1cnc(C(F)F)c(C)c1. The Bertz CT molecular complexity index is 861. The monoisotopic (exact) mass is 346 g/mol. The van der Waals surface area contributed by atoms with Gasteiger partial charge >= 0.3 is 0 Å². The molecule has 0 radical (unpaired) electrons. The Morgan fingerprint density at radius 2 is 1.92 bits per heavy atom. The van der Waals surface area contributed by atoms with Crippen LogP contribution in [0.25, 0.3) is 0 Å². The van der Waals surface area contributed by atoms with Crippen LogP contribution >= 0.6 is 0 Å². The van der Waals surface area contributed by atoms with Crippen molar-refractivity contribution in [2.24, 2.45) is 4.99 Å². The summed E-state index contributed by atoms with van der Waals surface area (Å²) in [4.78, 5) is 8.60. The number of aryl methyl sites for hydroxylation is 1. The smallest absolute Gasteiger partial charge is 0.280 e. The maximum Gasteiger partial charge on any atom is 0.280 e. The van der Waals surface area contributed by atoms with Gasteiger partial charge in [0.05, 0.1) is 12.8 Å². The Labute approximate surface area is 145 Å². The molecule has 4 nitrogen and oxygen atoms in total. The molecule has 1 aromatic heterocycles. The molecule has 1 aliphatic heterocycles. The lowest BCUT2D eigenvalue weighted by Crippen LogP contribution is -2.33. The highest BCUT2D eigenvalue weighted by atomic mass is 19.3. The maximum absolute atomic E-state index is 13.0. The number of ether oxygens (including phenoxy) is 2. The molecule has 1 aliphatic rings. The molecule has 0 atom stereocenters. The molecule has 0 unspecified atom stereocenters. The minimum absolute atomic E-state index is 0.207. The first-order chi connectivity index (χ1) is 11.7. The second-order valence-electron chi connectivity index (χ2n) is 6.51. The summed E-state index contributed by atoms with van der Waals surface area (Å²) >= 11 is 0. The largest absolute Gasteiger partial charge is 0.496 e. The molecular formula is C19H20F2N2O2. The van der Waals surface area contributed by atoms with Gasteiger partial charge in [-0.25, -0.2) is 13.8 Å². The fourth-order valence-electron chi connectivity index (χ4n) is 2.98. The van der Waals surface area contributed by atoms with Gasteiger partial charge in [0.25, 0.3) is 6.43 Å². The molecule has 0 bridgehead atoms. The van der Waals surface area contributed by atoms with Gasteiger partial charge in [0, 0.05) is 22.9 Å². The summed E-state index contributed by atoms with van der Waals surface area (Å²) in [5.41, 5.74) is 2.47. The van der Waals surface area contributed by atoms with Crippen LogP contribution in [0, 0.1) is 13.8 Å². The van der Waals surface area contributed by atoms with Gasteiger partial charge in [-0.05, 0) is 51.5 Å². The zero-order valence-corrected chi connectivity index (χ0v) is 14.9. The average molecular weight is 346 g/mol. The summed E-state index contributed by atoms with van der Waals surface area (Å²) in [5.74, 6) is 1.41. The van der Waals surface area contributed by atoms with Crippen molar-refractivity contribution in [3.8, 4) is 11.5 Å². The van der Waals surface area contributed by atoms with Crippen LogP contribution in [0.2, 0.25) is 0 Å². The van der Waals surface area contributed by atoms with Gasteiger partial charge in [0.1, 0.15) is 17.2 Å². The van der Waals surface area contributed by atoms with E-state index in [1.54, 1.807) is 20.1 Å². The minimum Gasteiger partial charge on any atom is -0.496 e. The zero-order chi connectivity index (χ0) is 18.4. The summed E-state index contributed by atoms with van der Waals surface area (Å²) in [6.45, 7) is 7.24. The molecule has 0 saturated carbocycles. The van der Waals surface area contributed by atoms with Crippen LogP contribution in [-0.4, -0.2) is 23.5 Å². The number of aromatic nitrogens is 1. The minimum atomic E-state index is -2.60. The lowest BCUT2D eigenvalue weighted by atomic mass is 9.96. The van der Waals surface area contributed by atoms with Gasteiger partial charge in [-0.2, -0.15) is 0 Å². The number of fused-ring (bicyclic) bond motifs is 1. The first-order valence-corrected chi connectivity index (χ1v) is 7.95. The Morgan fingerprint density at radius 3 is 2.52 bits per heavy atom. The molecule has 2 heterocycles. The number of pyridine rings is 1. The van der Waals surface area contributed by atoms with Crippen molar-refractivity contribution in [2.45, 2.75) is 39.8 Å². The highest BCUT2D eigenvalue weighted by molar-refractivity contribution is 6.15. The predicted molar refractivity (Wildman–Crippen MR) is 92.0 cm³/mol. The number of methoxy groups -OCH3 is 1. The van der Waals surface area contributed by atoms with E-state index in [2.05, 4.69) is 9.98 Å². The van der Waals surface area contributed by atoms with Gasteiger partial charge in [-0.1, -0.05) is 0 Å². The van der Waals surface area contributed by atoms with Crippen molar-refractivity contribution in [2.75, 3.05) is 7.11 Å². The van der Waals surface area contributed by atoms with E-state index in [0.717, 1.165) is 16.9 Å². The number of alkyl halides is 2. The van der Waals surface area contributed by atoms with Crippen LogP contribution in [0.15, 0.2) is 29.4 Å².